The van der Waals surface area contributed by atoms with Gasteiger partial charge >= 0.3 is 5.97 Å². The number of allylic oxidation sites excluding steroid dienone is 2. The van der Waals surface area contributed by atoms with Crippen molar-refractivity contribution in [3.63, 3.8) is 0 Å². The molecule has 0 amide bonds. The first-order valence-corrected chi connectivity index (χ1v) is 4.82. The van der Waals surface area contributed by atoms with E-state index in [1.165, 1.54) is 12.2 Å². The summed E-state index contributed by atoms with van der Waals surface area (Å²) in [6.07, 6.45) is 5.80. The molecule has 0 unspecified atom stereocenters. The molecule has 1 aliphatic rings. The van der Waals surface area contributed by atoms with Gasteiger partial charge in [0, 0.05) is 6.42 Å². The first kappa shape index (κ1) is 10.7. The van der Waals surface area contributed by atoms with Crippen LogP contribution in [0.4, 0.5) is 0 Å². The predicted molar refractivity (Wildman–Crippen MR) is 53.0 cm³/mol. The van der Waals surface area contributed by atoms with Crippen LogP contribution in [0, 0.1) is 0 Å². The fraction of sp³-hybridized carbons (Fsp3) is 0.455. The number of rotatable bonds is 4. The van der Waals surface area contributed by atoms with E-state index in [0.717, 1.165) is 12.8 Å². The summed E-state index contributed by atoms with van der Waals surface area (Å²) in [5.74, 6) is -0.930. The summed E-state index contributed by atoms with van der Waals surface area (Å²) in [7, 11) is 0. The summed E-state index contributed by atoms with van der Waals surface area (Å²) in [5, 5.41) is 8.87. The van der Waals surface area contributed by atoms with Crippen LogP contribution in [0.5, 0.6) is 0 Å². The van der Waals surface area contributed by atoms with Gasteiger partial charge in [0.2, 0.25) is 0 Å². The molecule has 0 saturated carbocycles. The van der Waals surface area contributed by atoms with Crippen molar-refractivity contribution in [3.8, 4) is 0 Å². The number of hydrogen-bond donors (Lipinski definition) is 1. The van der Waals surface area contributed by atoms with Gasteiger partial charge in [0.05, 0.1) is 5.57 Å². The summed E-state index contributed by atoms with van der Waals surface area (Å²) in [6, 6.07) is 0. The van der Waals surface area contributed by atoms with Crippen LogP contribution >= 0.6 is 0 Å². The lowest BCUT2D eigenvalue weighted by Gasteiger charge is -2.11. The number of aliphatic carboxylic acids is 1. The molecule has 0 aromatic carbocycles. The monoisotopic (exact) mass is 194 g/mol. The first-order chi connectivity index (χ1) is 6.65. The van der Waals surface area contributed by atoms with Crippen molar-refractivity contribution in [2.45, 2.75) is 32.6 Å². The van der Waals surface area contributed by atoms with Crippen molar-refractivity contribution in [2.24, 2.45) is 0 Å². The molecule has 0 saturated heterocycles. The standard InChI is InChI=1S/C11H14O3/c1-2-3-4-8-7-9(12)5-6-10(8)11(13)14/h6-7H,2-5H2,1H3,(H,13,14). The molecule has 1 N–H and O–H groups in total. The van der Waals surface area contributed by atoms with E-state index in [2.05, 4.69) is 0 Å². The lowest BCUT2D eigenvalue weighted by atomic mass is 9.93. The molecule has 3 heteroatoms. The molecule has 0 aromatic heterocycles. The molecule has 0 heterocycles. The van der Waals surface area contributed by atoms with Gasteiger partial charge in [-0.25, -0.2) is 4.79 Å². The normalized spacial score (nSPS) is 16.2. The molecular weight excluding hydrogens is 180 g/mol. The second-order valence-electron chi connectivity index (χ2n) is 3.37. The number of unbranched alkanes of at least 4 members (excludes halogenated alkanes) is 1. The van der Waals surface area contributed by atoms with Crippen molar-refractivity contribution in [3.05, 3.63) is 23.3 Å². The Morgan fingerprint density at radius 3 is 2.86 bits per heavy atom. The smallest absolute Gasteiger partial charge is 0.335 e. The van der Waals surface area contributed by atoms with Gasteiger partial charge in [-0.3, -0.25) is 4.79 Å². The van der Waals surface area contributed by atoms with Crippen LogP contribution in [-0.4, -0.2) is 16.9 Å². The average Bonchev–Trinajstić information content (AvgIpc) is 2.14. The Morgan fingerprint density at radius 1 is 1.57 bits per heavy atom. The van der Waals surface area contributed by atoms with Crippen molar-refractivity contribution in [1.29, 1.82) is 0 Å². The fourth-order valence-corrected chi connectivity index (χ4v) is 1.46. The van der Waals surface area contributed by atoms with Crippen LogP contribution in [0.25, 0.3) is 0 Å². The maximum Gasteiger partial charge on any atom is 0.335 e. The quantitative estimate of drug-likeness (QED) is 0.745. The number of carboxylic acids is 1. The highest BCUT2D eigenvalue weighted by molar-refractivity contribution is 6.01. The minimum atomic E-state index is -0.931. The predicted octanol–water partition coefficient (Wildman–Crippen LogP) is 2.09. The summed E-state index contributed by atoms with van der Waals surface area (Å²) in [5.41, 5.74) is 0.980. The molecule has 0 radical (unpaired) electrons. The second kappa shape index (κ2) is 4.74. The molecule has 14 heavy (non-hydrogen) atoms. The maximum atomic E-state index is 11.1. The Hall–Kier alpha value is -1.38. The Morgan fingerprint density at radius 2 is 2.29 bits per heavy atom. The second-order valence-corrected chi connectivity index (χ2v) is 3.37. The van der Waals surface area contributed by atoms with Crippen LogP contribution in [0.2, 0.25) is 0 Å². The van der Waals surface area contributed by atoms with E-state index in [-0.39, 0.29) is 12.2 Å². The van der Waals surface area contributed by atoms with E-state index in [4.69, 9.17) is 5.11 Å². The van der Waals surface area contributed by atoms with Gasteiger partial charge in [-0.2, -0.15) is 0 Å². The van der Waals surface area contributed by atoms with Gasteiger partial charge in [-0.15, -0.1) is 0 Å². The topological polar surface area (TPSA) is 54.4 Å². The molecular formula is C11H14O3. The number of carboxylic acid groups (broad SMARTS) is 1. The molecule has 0 fully saturated rings. The largest absolute Gasteiger partial charge is 0.478 e. The first-order valence-electron chi connectivity index (χ1n) is 4.82. The average molecular weight is 194 g/mol. The van der Waals surface area contributed by atoms with E-state index >= 15 is 0 Å². The zero-order chi connectivity index (χ0) is 10.6. The SMILES string of the molecule is CCCCC1=CC(=O)CC=C1C(=O)O. The van der Waals surface area contributed by atoms with E-state index in [1.807, 2.05) is 6.92 Å². The third-order valence-electron chi connectivity index (χ3n) is 2.22. The van der Waals surface area contributed by atoms with Gasteiger partial charge in [0.25, 0.3) is 0 Å². The van der Waals surface area contributed by atoms with Gasteiger partial charge < -0.3 is 5.11 Å². The molecule has 0 atom stereocenters. The summed E-state index contributed by atoms with van der Waals surface area (Å²) >= 11 is 0. The molecule has 1 rings (SSSR count). The highest BCUT2D eigenvalue weighted by Crippen LogP contribution is 2.22. The van der Waals surface area contributed by atoms with Crippen LogP contribution in [0.3, 0.4) is 0 Å². The van der Waals surface area contributed by atoms with Crippen molar-refractivity contribution < 1.29 is 14.7 Å². The highest BCUT2D eigenvalue weighted by atomic mass is 16.4. The number of carbonyl (C=O) groups excluding carboxylic acids is 1. The summed E-state index contributed by atoms with van der Waals surface area (Å²) in [6.45, 7) is 2.04. The lowest BCUT2D eigenvalue weighted by molar-refractivity contribution is -0.132. The summed E-state index contributed by atoms with van der Waals surface area (Å²) < 4.78 is 0. The minimum Gasteiger partial charge on any atom is -0.478 e. The molecule has 0 bridgehead atoms. The van der Waals surface area contributed by atoms with E-state index < -0.39 is 5.97 Å². The number of hydrogen-bond acceptors (Lipinski definition) is 2. The van der Waals surface area contributed by atoms with Crippen LogP contribution < -0.4 is 0 Å². The molecule has 0 aliphatic heterocycles. The number of ketones is 1. The van der Waals surface area contributed by atoms with Crippen LogP contribution in [0.15, 0.2) is 23.3 Å². The molecule has 76 valence electrons. The van der Waals surface area contributed by atoms with Crippen molar-refractivity contribution in [2.75, 3.05) is 0 Å². The number of carbonyl (C=O) groups is 2. The highest BCUT2D eigenvalue weighted by Gasteiger charge is 2.17. The van der Waals surface area contributed by atoms with Gasteiger partial charge in [0.1, 0.15) is 0 Å². The van der Waals surface area contributed by atoms with Crippen LogP contribution in [0.1, 0.15) is 32.6 Å². The van der Waals surface area contributed by atoms with Crippen molar-refractivity contribution >= 4 is 11.8 Å². The Kier molecular flexibility index (Phi) is 3.63. The zero-order valence-electron chi connectivity index (χ0n) is 8.25. The fourth-order valence-electron chi connectivity index (χ4n) is 1.46. The minimum absolute atomic E-state index is 0.00102. The molecule has 3 nitrogen and oxygen atoms in total. The Bertz CT molecular complexity index is 310. The van der Waals surface area contributed by atoms with E-state index in [1.54, 1.807) is 0 Å². The molecule has 0 spiro atoms. The third kappa shape index (κ3) is 2.55. The Labute approximate surface area is 83.1 Å². The van der Waals surface area contributed by atoms with Crippen LogP contribution in [-0.2, 0) is 9.59 Å². The van der Waals surface area contributed by atoms with E-state index in [9.17, 15) is 9.59 Å². The molecule has 0 aromatic rings. The van der Waals surface area contributed by atoms with Gasteiger partial charge in [-0.05, 0) is 24.5 Å². The van der Waals surface area contributed by atoms with Gasteiger partial charge in [-0.1, -0.05) is 19.4 Å². The Balaban J connectivity index is 2.79. The summed E-state index contributed by atoms with van der Waals surface area (Å²) in [4.78, 5) is 21.9. The molecule has 1 aliphatic carbocycles. The van der Waals surface area contributed by atoms with Gasteiger partial charge in [0.15, 0.2) is 5.78 Å². The lowest BCUT2D eigenvalue weighted by Crippen LogP contribution is -2.10. The maximum absolute atomic E-state index is 11.1. The van der Waals surface area contributed by atoms with Crippen molar-refractivity contribution in [1.82, 2.24) is 0 Å². The zero-order valence-corrected chi connectivity index (χ0v) is 8.25. The third-order valence-corrected chi connectivity index (χ3v) is 2.22. The van der Waals surface area contributed by atoms with E-state index in [0.29, 0.717) is 17.6 Å².